The Kier molecular flexibility index (Phi) is 3.45. The molecule has 1 saturated carbocycles. The highest BCUT2D eigenvalue weighted by atomic mass is 15.2. The lowest BCUT2D eigenvalue weighted by Gasteiger charge is -2.25. The molecule has 1 saturated heterocycles. The van der Waals surface area contributed by atoms with Gasteiger partial charge in [0.25, 0.3) is 0 Å². The van der Waals surface area contributed by atoms with Crippen LogP contribution in [0.3, 0.4) is 0 Å². The number of likely N-dealkylation sites (tertiary alicyclic amines) is 1. The minimum atomic E-state index is 0.653. The SMILES string of the molecule is CCC(CN)N1CC2CCCCC2C1. The van der Waals surface area contributed by atoms with Crippen molar-refractivity contribution in [3.8, 4) is 0 Å². The van der Waals surface area contributed by atoms with Gasteiger partial charge in [0.05, 0.1) is 0 Å². The fourth-order valence-corrected chi connectivity index (χ4v) is 3.31. The lowest BCUT2D eigenvalue weighted by molar-refractivity contribution is 0.229. The van der Waals surface area contributed by atoms with Crippen LogP contribution in [0.15, 0.2) is 0 Å². The number of hydrogen-bond acceptors (Lipinski definition) is 2. The average molecular weight is 196 g/mol. The summed E-state index contributed by atoms with van der Waals surface area (Å²) in [4.78, 5) is 2.65. The third-order valence-electron chi connectivity index (χ3n) is 4.26. The van der Waals surface area contributed by atoms with Crippen molar-refractivity contribution in [2.45, 2.75) is 45.1 Å². The number of nitrogens with zero attached hydrogens (tertiary/aromatic N) is 1. The van der Waals surface area contributed by atoms with Crippen LogP contribution in [0.5, 0.6) is 0 Å². The summed E-state index contributed by atoms with van der Waals surface area (Å²) >= 11 is 0. The molecule has 0 radical (unpaired) electrons. The Morgan fingerprint density at radius 2 is 1.79 bits per heavy atom. The van der Waals surface area contributed by atoms with Gasteiger partial charge in [-0.3, -0.25) is 4.90 Å². The third kappa shape index (κ3) is 1.96. The van der Waals surface area contributed by atoms with Gasteiger partial charge in [-0.1, -0.05) is 19.8 Å². The van der Waals surface area contributed by atoms with Gasteiger partial charge in [0, 0.05) is 25.7 Å². The second-order valence-electron chi connectivity index (χ2n) is 5.06. The van der Waals surface area contributed by atoms with Gasteiger partial charge >= 0.3 is 0 Å². The van der Waals surface area contributed by atoms with Gasteiger partial charge in [0.2, 0.25) is 0 Å². The maximum absolute atomic E-state index is 5.81. The zero-order valence-electron chi connectivity index (χ0n) is 9.41. The molecule has 0 aromatic carbocycles. The fraction of sp³-hybridized carbons (Fsp3) is 1.00. The highest BCUT2D eigenvalue weighted by Crippen LogP contribution is 2.36. The Hall–Kier alpha value is -0.0800. The van der Waals surface area contributed by atoms with Gasteiger partial charge in [0.15, 0.2) is 0 Å². The molecule has 1 aliphatic heterocycles. The quantitative estimate of drug-likeness (QED) is 0.746. The van der Waals surface area contributed by atoms with E-state index < -0.39 is 0 Å². The normalized spacial score (nSPS) is 35.6. The Labute approximate surface area is 87.8 Å². The predicted molar refractivity (Wildman–Crippen MR) is 60.2 cm³/mol. The molecule has 2 fully saturated rings. The van der Waals surface area contributed by atoms with Crippen LogP contribution in [0.4, 0.5) is 0 Å². The zero-order valence-corrected chi connectivity index (χ0v) is 9.41. The van der Waals surface area contributed by atoms with Crippen LogP contribution in [0.25, 0.3) is 0 Å². The zero-order chi connectivity index (χ0) is 9.97. The molecule has 2 nitrogen and oxygen atoms in total. The molecule has 0 spiro atoms. The molecule has 3 atom stereocenters. The Morgan fingerprint density at radius 3 is 2.21 bits per heavy atom. The van der Waals surface area contributed by atoms with Crippen molar-refractivity contribution < 1.29 is 0 Å². The van der Waals surface area contributed by atoms with Crippen LogP contribution in [0.1, 0.15) is 39.0 Å². The van der Waals surface area contributed by atoms with Gasteiger partial charge in [-0.25, -0.2) is 0 Å². The van der Waals surface area contributed by atoms with Crippen LogP contribution in [0.2, 0.25) is 0 Å². The maximum Gasteiger partial charge on any atom is 0.0216 e. The van der Waals surface area contributed by atoms with Crippen LogP contribution in [-0.4, -0.2) is 30.6 Å². The highest BCUT2D eigenvalue weighted by Gasteiger charge is 2.36. The van der Waals surface area contributed by atoms with Gasteiger partial charge in [-0.2, -0.15) is 0 Å². The van der Waals surface area contributed by atoms with Crippen LogP contribution < -0.4 is 5.73 Å². The number of nitrogens with two attached hydrogens (primary N) is 1. The van der Waals surface area contributed by atoms with Crippen molar-refractivity contribution in [1.82, 2.24) is 4.90 Å². The summed E-state index contributed by atoms with van der Waals surface area (Å²) in [5.74, 6) is 2.01. The second kappa shape index (κ2) is 4.63. The minimum Gasteiger partial charge on any atom is -0.329 e. The van der Waals surface area contributed by atoms with Crippen LogP contribution >= 0.6 is 0 Å². The molecule has 2 heteroatoms. The molecule has 82 valence electrons. The average Bonchev–Trinajstić information content (AvgIpc) is 2.63. The Balaban J connectivity index is 1.91. The first-order valence-corrected chi connectivity index (χ1v) is 6.29. The van der Waals surface area contributed by atoms with Gasteiger partial charge in [-0.05, 0) is 31.1 Å². The summed E-state index contributed by atoms with van der Waals surface area (Å²) in [7, 11) is 0. The summed E-state index contributed by atoms with van der Waals surface area (Å²) in [5.41, 5.74) is 5.81. The van der Waals surface area contributed by atoms with Crippen LogP contribution in [0, 0.1) is 11.8 Å². The molecule has 3 unspecified atom stereocenters. The molecule has 2 N–H and O–H groups in total. The Morgan fingerprint density at radius 1 is 1.21 bits per heavy atom. The molecular formula is C12H24N2. The smallest absolute Gasteiger partial charge is 0.0216 e. The largest absolute Gasteiger partial charge is 0.329 e. The summed E-state index contributed by atoms with van der Waals surface area (Å²) in [6.07, 6.45) is 7.10. The van der Waals surface area contributed by atoms with Crippen molar-refractivity contribution in [2.75, 3.05) is 19.6 Å². The van der Waals surface area contributed by atoms with E-state index in [-0.39, 0.29) is 0 Å². The van der Waals surface area contributed by atoms with E-state index in [0.29, 0.717) is 6.04 Å². The number of hydrogen-bond donors (Lipinski definition) is 1. The Bertz CT molecular complexity index is 163. The highest BCUT2D eigenvalue weighted by molar-refractivity contribution is 4.89. The molecule has 1 heterocycles. The first-order valence-electron chi connectivity index (χ1n) is 6.29. The summed E-state index contributed by atoms with van der Waals surface area (Å²) < 4.78 is 0. The molecule has 2 rings (SSSR count). The monoisotopic (exact) mass is 196 g/mol. The van der Waals surface area contributed by atoms with Gasteiger partial charge in [0.1, 0.15) is 0 Å². The second-order valence-corrected chi connectivity index (χ2v) is 5.06. The number of fused-ring (bicyclic) bond motifs is 1. The van der Waals surface area contributed by atoms with Crippen molar-refractivity contribution in [2.24, 2.45) is 17.6 Å². The lowest BCUT2D eigenvalue weighted by atomic mass is 9.82. The first-order chi connectivity index (χ1) is 6.85. The molecule has 1 aliphatic carbocycles. The van der Waals surface area contributed by atoms with E-state index >= 15 is 0 Å². The molecule has 14 heavy (non-hydrogen) atoms. The van der Waals surface area contributed by atoms with E-state index in [1.165, 1.54) is 45.2 Å². The minimum absolute atomic E-state index is 0.653. The van der Waals surface area contributed by atoms with Crippen LogP contribution in [-0.2, 0) is 0 Å². The molecular weight excluding hydrogens is 172 g/mol. The van der Waals surface area contributed by atoms with Crippen molar-refractivity contribution in [3.63, 3.8) is 0 Å². The molecule has 2 aliphatic rings. The van der Waals surface area contributed by atoms with Crippen molar-refractivity contribution >= 4 is 0 Å². The molecule has 0 aromatic rings. The summed E-state index contributed by atoms with van der Waals surface area (Å²) in [6.45, 7) is 5.77. The van der Waals surface area contributed by atoms with E-state index in [1.807, 2.05) is 0 Å². The fourth-order valence-electron chi connectivity index (χ4n) is 3.31. The first kappa shape index (κ1) is 10.4. The molecule has 0 bridgehead atoms. The molecule has 0 aromatic heterocycles. The van der Waals surface area contributed by atoms with Gasteiger partial charge < -0.3 is 5.73 Å². The van der Waals surface area contributed by atoms with E-state index in [2.05, 4.69) is 11.8 Å². The van der Waals surface area contributed by atoms with Crippen molar-refractivity contribution in [1.29, 1.82) is 0 Å². The molecule has 0 amide bonds. The van der Waals surface area contributed by atoms with E-state index in [9.17, 15) is 0 Å². The predicted octanol–water partition coefficient (Wildman–Crippen LogP) is 1.85. The third-order valence-corrected chi connectivity index (χ3v) is 4.26. The van der Waals surface area contributed by atoms with Crippen molar-refractivity contribution in [3.05, 3.63) is 0 Å². The summed E-state index contributed by atoms with van der Waals surface area (Å²) in [6, 6.07) is 0.653. The van der Waals surface area contributed by atoms with E-state index in [4.69, 9.17) is 5.73 Å². The van der Waals surface area contributed by atoms with E-state index in [0.717, 1.165) is 18.4 Å². The standard InChI is InChI=1S/C12H24N2/c1-2-12(7-13)14-8-10-5-3-4-6-11(10)9-14/h10-12H,2-9,13H2,1H3. The van der Waals surface area contributed by atoms with Gasteiger partial charge in [-0.15, -0.1) is 0 Å². The summed E-state index contributed by atoms with van der Waals surface area (Å²) in [5, 5.41) is 0. The van der Waals surface area contributed by atoms with E-state index in [1.54, 1.807) is 0 Å². The maximum atomic E-state index is 5.81. The number of rotatable bonds is 3. The topological polar surface area (TPSA) is 29.3 Å². The lowest BCUT2D eigenvalue weighted by Crippen LogP contribution is -2.38.